The van der Waals surface area contributed by atoms with Crippen LogP contribution in [0, 0.1) is 3.70 Å². The molecule has 0 atom stereocenters. The Bertz CT molecular complexity index is 453. The van der Waals surface area contributed by atoms with E-state index in [1.54, 1.807) is 11.9 Å². The highest BCUT2D eigenvalue weighted by Gasteiger charge is 2.23. The van der Waals surface area contributed by atoms with E-state index < -0.39 is 0 Å². The largest absolute Gasteiger partial charge is 0.317 e. The van der Waals surface area contributed by atoms with Gasteiger partial charge >= 0.3 is 0 Å². The molecule has 0 fully saturated rings. The highest BCUT2D eigenvalue weighted by molar-refractivity contribution is 14.1. The summed E-state index contributed by atoms with van der Waals surface area (Å²) in [6, 6.07) is 1.83. The van der Waals surface area contributed by atoms with E-state index in [1.165, 1.54) is 0 Å². The molecule has 1 aliphatic rings. The minimum absolute atomic E-state index is 0.0684. The molecule has 1 aromatic heterocycles. The van der Waals surface area contributed by atoms with Crippen molar-refractivity contribution in [2.45, 2.75) is 12.8 Å². The Morgan fingerprint density at radius 3 is 2.86 bits per heavy atom. The van der Waals surface area contributed by atoms with Crippen LogP contribution in [0.15, 0.2) is 10.9 Å². The highest BCUT2D eigenvalue weighted by atomic mass is 127. The van der Waals surface area contributed by atoms with Crippen LogP contribution in [0.25, 0.3) is 0 Å². The first-order chi connectivity index (χ1) is 6.59. The van der Waals surface area contributed by atoms with Gasteiger partial charge in [-0.25, -0.2) is 0 Å². The second kappa shape index (κ2) is 3.38. The van der Waals surface area contributed by atoms with E-state index in [4.69, 9.17) is 0 Å². The Morgan fingerprint density at radius 2 is 2.14 bits per heavy atom. The van der Waals surface area contributed by atoms with Crippen LogP contribution in [-0.2, 0) is 11.2 Å². The number of carbonyl (C=O) groups excluding carboxylic acids is 1. The summed E-state index contributed by atoms with van der Waals surface area (Å²) in [4.78, 5) is 27.2. The zero-order valence-electron chi connectivity index (χ0n) is 7.63. The number of hydrogen-bond acceptors (Lipinski definition) is 2. The maximum atomic E-state index is 11.5. The van der Waals surface area contributed by atoms with Crippen LogP contribution in [0.2, 0.25) is 0 Å². The second-order valence-electron chi connectivity index (χ2n) is 3.26. The van der Waals surface area contributed by atoms with E-state index in [9.17, 15) is 9.59 Å². The van der Waals surface area contributed by atoms with Gasteiger partial charge in [-0.15, -0.1) is 0 Å². The smallest absolute Gasteiger partial charge is 0.254 e. The summed E-state index contributed by atoms with van der Waals surface area (Å²) < 4.78 is 0.757. The predicted octanol–water partition coefficient (Wildman–Crippen LogP) is 0.889. The topological polar surface area (TPSA) is 53.2 Å². The number of H-pyrrole nitrogens is 1. The maximum Gasteiger partial charge on any atom is 0.254 e. The molecule has 1 amide bonds. The predicted molar refractivity (Wildman–Crippen MR) is 61.5 cm³/mol. The lowest BCUT2D eigenvalue weighted by Crippen LogP contribution is -2.34. The molecule has 14 heavy (non-hydrogen) atoms. The summed E-state index contributed by atoms with van der Waals surface area (Å²) in [6.07, 6.45) is 0.970. The van der Waals surface area contributed by atoms with Crippen LogP contribution in [0.1, 0.15) is 12.0 Å². The van der Waals surface area contributed by atoms with Gasteiger partial charge in [0.15, 0.2) is 0 Å². The van der Waals surface area contributed by atoms with Crippen molar-refractivity contribution in [2.24, 2.45) is 0 Å². The first-order valence-corrected chi connectivity index (χ1v) is 5.35. The van der Waals surface area contributed by atoms with Crippen molar-refractivity contribution in [1.82, 2.24) is 4.98 Å². The standard InChI is InChI=1S/C9H9IN2O2/c1-12-6-4-7(10)11-9(14)5(6)2-3-8(12)13/h4H,2-3H2,1H3,(H,11,14). The molecule has 5 heteroatoms. The van der Waals surface area contributed by atoms with E-state index in [-0.39, 0.29) is 11.5 Å². The molecule has 0 saturated heterocycles. The number of halogens is 1. The molecule has 0 unspecified atom stereocenters. The average molecular weight is 304 g/mol. The van der Waals surface area contributed by atoms with Gasteiger partial charge in [0.25, 0.3) is 5.56 Å². The number of hydrogen-bond donors (Lipinski definition) is 1. The molecule has 2 heterocycles. The van der Waals surface area contributed by atoms with Gasteiger partial charge in [0.05, 0.1) is 9.39 Å². The Kier molecular flexibility index (Phi) is 2.34. The van der Waals surface area contributed by atoms with E-state index in [2.05, 4.69) is 4.98 Å². The summed E-state index contributed by atoms with van der Waals surface area (Å²) in [5, 5.41) is 0. The van der Waals surface area contributed by atoms with Crippen molar-refractivity contribution in [3.63, 3.8) is 0 Å². The molecule has 1 aliphatic heterocycles. The summed E-state index contributed by atoms with van der Waals surface area (Å²) in [5.41, 5.74) is 1.38. The van der Waals surface area contributed by atoms with Crippen molar-refractivity contribution in [3.8, 4) is 0 Å². The molecule has 0 aliphatic carbocycles. The Hall–Kier alpha value is -0.850. The molecule has 2 rings (SSSR count). The fraction of sp³-hybridized carbons (Fsp3) is 0.333. The highest BCUT2D eigenvalue weighted by Crippen LogP contribution is 2.24. The maximum absolute atomic E-state index is 11.5. The van der Waals surface area contributed by atoms with Gasteiger partial charge in [0.2, 0.25) is 5.91 Å². The SMILES string of the molecule is CN1C(=O)CCc2c1cc(I)[nH]c2=O. The molecule has 1 aromatic rings. The van der Waals surface area contributed by atoms with Crippen LogP contribution in [-0.4, -0.2) is 17.9 Å². The fourth-order valence-electron chi connectivity index (χ4n) is 1.62. The zero-order chi connectivity index (χ0) is 10.3. The lowest BCUT2D eigenvalue weighted by atomic mass is 10.0. The number of aromatic nitrogens is 1. The van der Waals surface area contributed by atoms with Gasteiger partial charge in [-0.1, -0.05) is 0 Å². The third-order valence-electron chi connectivity index (χ3n) is 2.40. The summed E-state index contributed by atoms with van der Waals surface area (Å²) >= 11 is 2.04. The van der Waals surface area contributed by atoms with Crippen LogP contribution in [0.4, 0.5) is 5.69 Å². The minimum atomic E-state index is -0.0775. The minimum Gasteiger partial charge on any atom is -0.317 e. The van der Waals surface area contributed by atoms with Crippen LogP contribution >= 0.6 is 22.6 Å². The second-order valence-corrected chi connectivity index (χ2v) is 4.43. The Labute approximate surface area is 94.4 Å². The molecular formula is C9H9IN2O2. The Morgan fingerprint density at radius 1 is 1.43 bits per heavy atom. The lowest BCUT2D eigenvalue weighted by Gasteiger charge is -2.24. The molecule has 0 spiro atoms. The number of nitrogens with zero attached hydrogens (tertiary/aromatic N) is 1. The lowest BCUT2D eigenvalue weighted by molar-refractivity contribution is -0.118. The molecule has 0 radical (unpaired) electrons. The normalized spacial score (nSPS) is 15.6. The number of anilines is 1. The third kappa shape index (κ3) is 1.45. The molecule has 0 saturated carbocycles. The van der Waals surface area contributed by atoms with E-state index in [0.717, 1.165) is 9.39 Å². The summed E-state index contributed by atoms with van der Waals surface area (Å²) in [7, 11) is 1.70. The van der Waals surface area contributed by atoms with Gasteiger partial charge in [-0.05, 0) is 35.1 Å². The quantitative estimate of drug-likeness (QED) is 0.572. The van der Waals surface area contributed by atoms with Crippen molar-refractivity contribution in [3.05, 3.63) is 25.7 Å². The molecule has 1 N–H and O–H groups in total. The van der Waals surface area contributed by atoms with Crippen molar-refractivity contribution >= 4 is 34.2 Å². The van der Waals surface area contributed by atoms with Crippen molar-refractivity contribution < 1.29 is 4.79 Å². The number of fused-ring (bicyclic) bond motifs is 1. The van der Waals surface area contributed by atoms with Gasteiger partial charge in [0, 0.05) is 19.0 Å². The van der Waals surface area contributed by atoms with Crippen LogP contribution < -0.4 is 10.5 Å². The molecule has 0 bridgehead atoms. The third-order valence-corrected chi connectivity index (χ3v) is 2.99. The first kappa shape index (κ1) is 9.70. The number of pyridine rings is 1. The van der Waals surface area contributed by atoms with Crippen LogP contribution in [0.3, 0.4) is 0 Å². The van der Waals surface area contributed by atoms with Gasteiger partial charge in [-0.3, -0.25) is 9.59 Å². The average Bonchev–Trinajstić information content (AvgIpc) is 2.12. The van der Waals surface area contributed by atoms with Crippen LogP contribution in [0.5, 0.6) is 0 Å². The monoisotopic (exact) mass is 304 g/mol. The number of carbonyl (C=O) groups is 1. The van der Waals surface area contributed by atoms with Gasteiger partial charge < -0.3 is 9.88 Å². The number of nitrogens with one attached hydrogen (secondary N) is 1. The number of rotatable bonds is 0. The van der Waals surface area contributed by atoms with Gasteiger partial charge in [0.1, 0.15) is 0 Å². The molecule has 4 nitrogen and oxygen atoms in total. The number of aromatic amines is 1. The Balaban J connectivity index is 2.65. The molecule has 0 aromatic carbocycles. The van der Waals surface area contributed by atoms with Crippen molar-refractivity contribution in [2.75, 3.05) is 11.9 Å². The fourth-order valence-corrected chi connectivity index (χ4v) is 2.16. The van der Waals surface area contributed by atoms with E-state index in [0.29, 0.717) is 18.4 Å². The summed E-state index contributed by atoms with van der Waals surface area (Å²) in [5.74, 6) is 0.0684. The van der Waals surface area contributed by atoms with E-state index >= 15 is 0 Å². The molecule has 74 valence electrons. The van der Waals surface area contributed by atoms with E-state index in [1.807, 2.05) is 28.7 Å². The first-order valence-electron chi connectivity index (χ1n) is 4.28. The van der Waals surface area contributed by atoms with Crippen molar-refractivity contribution in [1.29, 1.82) is 0 Å². The zero-order valence-corrected chi connectivity index (χ0v) is 9.79. The molecular weight excluding hydrogens is 295 g/mol. The van der Waals surface area contributed by atoms with Gasteiger partial charge in [-0.2, -0.15) is 0 Å². The summed E-state index contributed by atoms with van der Waals surface area (Å²) in [6.45, 7) is 0. The number of amides is 1.